The molecule has 0 unspecified atom stereocenters. The molecule has 0 radical (unpaired) electrons. The fourth-order valence-electron chi connectivity index (χ4n) is 1.56. The number of aromatic nitrogens is 3. The Morgan fingerprint density at radius 1 is 1.47 bits per heavy atom. The zero-order valence-corrected chi connectivity index (χ0v) is 11.6. The lowest BCUT2D eigenvalue weighted by Gasteiger charge is -2.06. The van der Waals surface area contributed by atoms with Crippen molar-refractivity contribution in [2.24, 2.45) is 0 Å². The van der Waals surface area contributed by atoms with Gasteiger partial charge in [-0.3, -0.25) is 9.48 Å². The number of hydrogen-bond acceptors (Lipinski definition) is 3. The maximum Gasteiger partial charge on any atom is 0.254 e. The maximum absolute atomic E-state index is 13.5. The number of hydrogen-bond donors (Lipinski definition) is 1. The third-order valence-electron chi connectivity index (χ3n) is 2.50. The Morgan fingerprint density at radius 3 is 3.00 bits per heavy atom. The third-order valence-corrected chi connectivity index (χ3v) is 2.99. The molecule has 0 saturated carbocycles. The molecule has 1 aromatic carbocycles. The first kappa shape index (κ1) is 13.7. The van der Waals surface area contributed by atoms with Crippen molar-refractivity contribution in [3.63, 3.8) is 0 Å². The second-order valence-corrected chi connectivity index (χ2v) is 4.82. The van der Waals surface area contributed by atoms with Crippen molar-refractivity contribution in [3.8, 4) is 0 Å². The van der Waals surface area contributed by atoms with Gasteiger partial charge in [-0.1, -0.05) is 21.1 Å². The summed E-state index contributed by atoms with van der Waals surface area (Å²) in [5.41, 5.74) is 0.0453. The zero-order chi connectivity index (χ0) is 13.7. The Kier molecular flexibility index (Phi) is 4.62. The van der Waals surface area contributed by atoms with Crippen LogP contribution >= 0.6 is 15.9 Å². The highest BCUT2D eigenvalue weighted by atomic mass is 79.9. The van der Waals surface area contributed by atoms with E-state index in [2.05, 4.69) is 31.6 Å². The molecule has 0 aliphatic heterocycles. The summed E-state index contributed by atoms with van der Waals surface area (Å²) in [5.74, 6) is -0.952. The number of nitrogens with one attached hydrogen (secondary N) is 1. The van der Waals surface area contributed by atoms with E-state index in [1.807, 2.05) is 0 Å². The number of aryl methyl sites for hydroxylation is 1. The van der Waals surface area contributed by atoms with Gasteiger partial charge in [0.25, 0.3) is 5.91 Å². The van der Waals surface area contributed by atoms with Crippen molar-refractivity contribution in [1.29, 1.82) is 0 Å². The van der Waals surface area contributed by atoms with Crippen LogP contribution in [0.1, 0.15) is 16.8 Å². The SMILES string of the molecule is O=C(NCCCn1ccnn1)c1ccc(Br)cc1F. The van der Waals surface area contributed by atoms with Crippen LogP contribution in [0.3, 0.4) is 0 Å². The van der Waals surface area contributed by atoms with Gasteiger partial charge in [-0.2, -0.15) is 0 Å². The van der Waals surface area contributed by atoms with E-state index in [0.29, 0.717) is 24.0 Å². The van der Waals surface area contributed by atoms with Crippen LogP contribution in [0.15, 0.2) is 35.1 Å². The first-order valence-electron chi connectivity index (χ1n) is 5.74. The highest BCUT2D eigenvalue weighted by molar-refractivity contribution is 9.10. The maximum atomic E-state index is 13.5. The molecule has 0 aliphatic rings. The second-order valence-electron chi connectivity index (χ2n) is 3.90. The van der Waals surface area contributed by atoms with Gasteiger partial charge >= 0.3 is 0 Å². The molecular weight excluding hydrogens is 315 g/mol. The minimum atomic E-state index is -0.539. The molecule has 0 spiro atoms. The zero-order valence-electron chi connectivity index (χ0n) is 10.0. The van der Waals surface area contributed by atoms with E-state index in [4.69, 9.17) is 0 Å². The normalized spacial score (nSPS) is 10.4. The number of carbonyl (C=O) groups excluding carboxylic acids is 1. The van der Waals surface area contributed by atoms with Gasteiger partial charge in [0, 0.05) is 23.8 Å². The number of amides is 1. The smallest absolute Gasteiger partial charge is 0.254 e. The van der Waals surface area contributed by atoms with E-state index in [0.717, 1.165) is 0 Å². The van der Waals surface area contributed by atoms with Gasteiger partial charge in [-0.05, 0) is 24.6 Å². The Hall–Kier alpha value is -1.76. The minimum absolute atomic E-state index is 0.0453. The van der Waals surface area contributed by atoms with E-state index in [9.17, 15) is 9.18 Å². The number of carbonyl (C=O) groups is 1. The van der Waals surface area contributed by atoms with E-state index < -0.39 is 11.7 Å². The lowest BCUT2D eigenvalue weighted by atomic mass is 10.2. The fourth-order valence-corrected chi connectivity index (χ4v) is 1.90. The monoisotopic (exact) mass is 326 g/mol. The number of benzene rings is 1. The van der Waals surface area contributed by atoms with Crippen LogP contribution in [0.25, 0.3) is 0 Å². The molecule has 2 rings (SSSR count). The summed E-state index contributed by atoms with van der Waals surface area (Å²) in [6.07, 6.45) is 4.04. The predicted molar refractivity (Wildman–Crippen MR) is 71.1 cm³/mol. The standard InChI is InChI=1S/C12H12BrFN4O/c13-9-2-3-10(11(14)8-9)12(19)15-4-1-6-18-7-5-16-17-18/h2-3,5,7-8H,1,4,6H2,(H,15,19). The predicted octanol–water partition coefficient (Wildman–Crippen LogP) is 2.00. The highest BCUT2D eigenvalue weighted by Gasteiger charge is 2.10. The van der Waals surface area contributed by atoms with Crippen molar-refractivity contribution in [3.05, 3.63) is 46.4 Å². The topological polar surface area (TPSA) is 59.8 Å². The van der Waals surface area contributed by atoms with Gasteiger partial charge in [0.1, 0.15) is 5.82 Å². The number of nitrogens with zero attached hydrogens (tertiary/aromatic N) is 3. The van der Waals surface area contributed by atoms with E-state index in [1.54, 1.807) is 23.1 Å². The van der Waals surface area contributed by atoms with Gasteiger partial charge in [0.15, 0.2) is 0 Å². The Morgan fingerprint density at radius 2 is 2.32 bits per heavy atom. The van der Waals surface area contributed by atoms with Crippen LogP contribution in [0, 0.1) is 5.82 Å². The van der Waals surface area contributed by atoms with E-state index >= 15 is 0 Å². The summed E-state index contributed by atoms with van der Waals surface area (Å²) >= 11 is 3.14. The second kappa shape index (κ2) is 6.42. The quantitative estimate of drug-likeness (QED) is 0.855. The fraction of sp³-hybridized carbons (Fsp3) is 0.250. The summed E-state index contributed by atoms with van der Waals surface area (Å²) < 4.78 is 15.8. The van der Waals surface area contributed by atoms with Gasteiger partial charge in [-0.15, -0.1) is 5.10 Å². The molecule has 0 atom stereocenters. The lowest BCUT2D eigenvalue weighted by molar-refractivity contribution is 0.0948. The van der Waals surface area contributed by atoms with E-state index in [1.165, 1.54) is 12.1 Å². The van der Waals surface area contributed by atoms with Crippen LogP contribution < -0.4 is 5.32 Å². The van der Waals surface area contributed by atoms with Crippen LogP contribution in [0.4, 0.5) is 4.39 Å². The van der Waals surface area contributed by atoms with Gasteiger partial charge in [-0.25, -0.2) is 4.39 Å². The van der Waals surface area contributed by atoms with Crippen molar-refractivity contribution < 1.29 is 9.18 Å². The average Bonchev–Trinajstić information content (AvgIpc) is 2.87. The molecule has 1 amide bonds. The largest absolute Gasteiger partial charge is 0.352 e. The molecule has 0 bridgehead atoms. The molecule has 1 heterocycles. The molecule has 100 valence electrons. The highest BCUT2D eigenvalue weighted by Crippen LogP contribution is 2.15. The summed E-state index contributed by atoms with van der Waals surface area (Å²) in [5, 5.41) is 10.1. The summed E-state index contributed by atoms with van der Waals surface area (Å²) in [6, 6.07) is 4.35. The molecule has 0 saturated heterocycles. The molecule has 1 N–H and O–H groups in total. The molecular formula is C12H12BrFN4O. The first-order chi connectivity index (χ1) is 9.16. The Labute approximate surface area is 117 Å². The molecule has 5 nitrogen and oxygen atoms in total. The van der Waals surface area contributed by atoms with Gasteiger partial charge < -0.3 is 5.32 Å². The molecule has 0 aliphatic carbocycles. The molecule has 2 aromatic rings. The molecule has 1 aromatic heterocycles. The molecule has 0 fully saturated rings. The number of rotatable bonds is 5. The van der Waals surface area contributed by atoms with Gasteiger partial charge in [0.2, 0.25) is 0 Å². The van der Waals surface area contributed by atoms with E-state index in [-0.39, 0.29) is 5.56 Å². The van der Waals surface area contributed by atoms with Crippen molar-refractivity contribution in [2.75, 3.05) is 6.54 Å². The summed E-state index contributed by atoms with van der Waals surface area (Å²) in [4.78, 5) is 11.7. The molecule has 7 heteroatoms. The van der Waals surface area contributed by atoms with Crippen LogP contribution in [-0.2, 0) is 6.54 Å². The summed E-state index contributed by atoms with van der Waals surface area (Å²) in [7, 11) is 0. The van der Waals surface area contributed by atoms with Gasteiger partial charge in [0.05, 0.1) is 11.8 Å². The minimum Gasteiger partial charge on any atom is -0.352 e. The van der Waals surface area contributed by atoms with Crippen molar-refractivity contribution >= 4 is 21.8 Å². The first-order valence-corrected chi connectivity index (χ1v) is 6.53. The van der Waals surface area contributed by atoms with Crippen LogP contribution in [0.5, 0.6) is 0 Å². The average molecular weight is 327 g/mol. The molecule has 19 heavy (non-hydrogen) atoms. The third kappa shape index (κ3) is 3.85. The Balaban J connectivity index is 1.81. The van der Waals surface area contributed by atoms with Crippen LogP contribution in [-0.4, -0.2) is 27.4 Å². The number of halogens is 2. The lowest BCUT2D eigenvalue weighted by Crippen LogP contribution is -2.26. The Bertz CT molecular complexity index is 559. The van der Waals surface area contributed by atoms with Crippen LogP contribution in [0.2, 0.25) is 0 Å². The van der Waals surface area contributed by atoms with Crippen molar-refractivity contribution in [1.82, 2.24) is 20.3 Å². The summed E-state index contributed by atoms with van der Waals surface area (Å²) in [6.45, 7) is 1.11. The van der Waals surface area contributed by atoms with Crippen molar-refractivity contribution in [2.45, 2.75) is 13.0 Å².